The second-order valence-electron chi connectivity index (χ2n) is 7.27. The number of hydrogen-bond donors (Lipinski definition) is 1. The van der Waals surface area contributed by atoms with Crippen molar-refractivity contribution in [1.82, 2.24) is 10.2 Å². The molecule has 2 aliphatic rings. The molecule has 3 unspecified atom stereocenters. The number of rotatable bonds is 6. The van der Waals surface area contributed by atoms with E-state index in [9.17, 15) is 9.59 Å². The van der Waals surface area contributed by atoms with Crippen LogP contribution in [0.3, 0.4) is 0 Å². The van der Waals surface area contributed by atoms with Gasteiger partial charge in [0.15, 0.2) is 0 Å². The Kier molecular flexibility index (Phi) is 6.15. The lowest BCUT2D eigenvalue weighted by Gasteiger charge is -2.32. The van der Waals surface area contributed by atoms with E-state index in [-0.39, 0.29) is 23.7 Å². The monoisotopic (exact) mass is 406 g/mol. The highest BCUT2D eigenvalue weighted by Gasteiger charge is 2.46. The maximum absolute atomic E-state index is 12.8. The second-order valence-corrected chi connectivity index (χ2v) is 8.19. The Balaban J connectivity index is 1.53. The fraction of sp³-hybridized carbons (Fsp3) is 0.600. The van der Waals surface area contributed by atoms with E-state index < -0.39 is 0 Å². The summed E-state index contributed by atoms with van der Waals surface area (Å²) in [6.45, 7) is 4.23. The van der Waals surface area contributed by atoms with Crippen molar-refractivity contribution in [3.05, 3.63) is 34.3 Å². The minimum absolute atomic E-state index is 0.0439. The van der Waals surface area contributed by atoms with Gasteiger partial charge in [0, 0.05) is 30.0 Å². The van der Waals surface area contributed by atoms with Crippen LogP contribution in [0.1, 0.15) is 50.5 Å². The van der Waals surface area contributed by atoms with Crippen molar-refractivity contribution in [3.8, 4) is 0 Å². The SMILES string of the molecule is CCCCNC(=O)C1CCCN(C(=O)C2CC2c2cccc(Br)c2)C1. The molecule has 0 bridgehead atoms. The van der Waals surface area contributed by atoms with Crippen LogP contribution >= 0.6 is 15.9 Å². The minimum Gasteiger partial charge on any atom is -0.356 e. The molecule has 5 heteroatoms. The Morgan fingerprint density at radius 2 is 2.20 bits per heavy atom. The number of likely N-dealkylation sites (tertiary alicyclic amines) is 1. The van der Waals surface area contributed by atoms with Gasteiger partial charge in [-0.1, -0.05) is 41.4 Å². The van der Waals surface area contributed by atoms with Crippen LogP contribution in [-0.4, -0.2) is 36.3 Å². The summed E-state index contributed by atoms with van der Waals surface area (Å²) >= 11 is 3.50. The summed E-state index contributed by atoms with van der Waals surface area (Å²) in [5, 5.41) is 3.02. The zero-order chi connectivity index (χ0) is 17.8. The zero-order valence-electron chi connectivity index (χ0n) is 14.8. The highest BCUT2D eigenvalue weighted by atomic mass is 79.9. The summed E-state index contributed by atoms with van der Waals surface area (Å²) < 4.78 is 1.06. The molecule has 1 saturated carbocycles. The maximum Gasteiger partial charge on any atom is 0.226 e. The lowest BCUT2D eigenvalue weighted by Crippen LogP contribution is -2.46. The fourth-order valence-electron chi connectivity index (χ4n) is 3.73. The first-order valence-electron chi connectivity index (χ1n) is 9.42. The molecule has 3 atom stereocenters. The van der Waals surface area contributed by atoms with E-state index in [0.29, 0.717) is 12.5 Å². The van der Waals surface area contributed by atoms with E-state index in [2.05, 4.69) is 40.3 Å². The molecule has 1 N–H and O–H groups in total. The molecule has 0 radical (unpaired) electrons. The lowest BCUT2D eigenvalue weighted by atomic mass is 9.96. The van der Waals surface area contributed by atoms with Gasteiger partial charge in [-0.3, -0.25) is 9.59 Å². The third-order valence-corrected chi connectivity index (χ3v) is 5.81. The first-order chi connectivity index (χ1) is 12.1. The van der Waals surface area contributed by atoms with Crippen molar-refractivity contribution in [2.45, 2.75) is 44.9 Å². The van der Waals surface area contributed by atoms with Gasteiger partial charge in [-0.15, -0.1) is 0 Å². The van der Waals surface area contributed by atoms with Gasteiger partial charge in [-0.05, 0) is 49.3 Å². The molecule has 4 nitrogen and oxygen atoms in total. The van der Waals surface area contributed by atoms with E-state index in [4.69, 9.17) is 0 Å². The van der Waals surface area contributed by atoms with Crippen molar-refractivity contribution in [2.24, 2.45) is 11.8 Å². The van der Waals surface area contributed by atoms with Gasteiger partial charge < -0.3 is 10.2 Å². The van der Waals surface area contributed by atoms with Crippen LogP contribution in [0.2, 0.25) is 0 Å². The number of halogens is 1. The van der Waals surface area contributed by atoms with Gasteiger partial charge in [-0.2, -0.15) is 0 Å². The highest BCUT2D eigenvalue weighted by Crippen LogP contribution is 2.49. The van der Waals surface area contributed by atoms with Gasteiger partial charge in [0.1, 0.15) is 0 Å². The lowest BCUT2D eigenvalue weighted by molar-refractivity contribution is -0.136. The van der Waals surface area contributed by atoms with Crippen molar-refractivity contribution in [1.29, 1.82) is 0 Å². The van der Waals surface area contributed by atoms with Crippen LogP contribution in [0.25, 0.3) is 0 Å². The average molecular weight is 407 g/mol. The van der Waals surface area contributed by atoms with Gasteiger partial charge in [-0.25, -0.2) is 0 Å². The maximum atomic E-state index is 12.8. The van der Waals surface area contributed by atoms with Crippen LogP contribution in [0.5, 0.6) is 0 Å². The van der Waals surface area contributed by atoms with Gasteiger partial charge in [0.05, 0.1) is 5.92 Å². The number of carbonyl (C=O) groups excluding carboxylic acids is 2. The predicted molar refractivity (Wildman–Crippen MR) is 102 cm³/mol. The summed E-state index contributed by atoms with van der Waals surface area (Å²) in [5.74, 6) is 0.735. The van der Waals surface area contributed by atoms with E-state index in [0.717, 1.165) is 49.7 Å². The van der Waals surface area contributed by atoms with Crippen molar-refractivity contribution >= 4 is 27.7 Å². The third-order valence-electron chi connectivity index (χ3n) is 5.32. The Hall–Kier alpha value is -1.36. The molecule has 2 fully saturated rings. The molecule has 1 aromatic carbocycles. The highest BCUT2D eigenvalue weighted by molar-refractivity contribution is 9.10. The Morgan fingerprint density at radius 3 is 2.96 bits per heavy atom. The number of nitrogens with one attached hydrogen (secondary N) is 1. The van der Waals surface area contributed by atoms with E-state index in [1.807, 2.05) is 17.0 Å². The molecule has 1 aliphatic carbocycles. The molecular formula is C20H27BrN2O2. The van der Waals surface area contributed by atoms with Crippen LogP contribution in [-0.2, 0) is 9.59 Å². The number of carbonyl (C=O) groups is 2. The molecule has 1 aromatic rings. The molecular weight excluding hydrogens is 380 g/mol. The molecule has 1 saturated heterocycles. The topological polar surface area (TPSA) is 49.4 Å². The molecule has 136 valence electrons. The number of nitrogens with zero attached hydrogens (tertiary/aromatic N) is 1. The summed E-state index contributed by atoms with van der Waals surface area (Å²) in [6.07, 6.45) is 4.83. The summed E-state index contributed by atoms with van der Waals surface area (Å²) in [5.41, 5.74) is 1.23. The van der Waals surface area contributed by atoms with Crippen LogP contribution in [0, 0.1) is 11.8 Å². The first-order valence-corrected chi connectivity index (χ1v) is 10.2. The summed E-state index contributed by atoms with van der Waals surface area (Å²) in [4.78, 5) is 27.1. The van der Waals surface area contributed by atoms with Crippen LogP contribution < -0.4 is 5.32 Å². The van der Waals surface area contributed by atoms with Gasteiger partial charge in [0.25, 0.3) is 0 Å². The van der Waals surface area contributed by atoms with Crippen LogP contribution in [0.4, 0.5) is 0 Å². The molecule has 1 aliphatic heterocycles. The molecule has 3 rings (SSSR count). The number of benzene rings is 1. The number of unbranched alkanes of at least 4 members (excludes halogenated alkanes) is 1. The van der Waals surface area contributed by atoms with E-state index >= 15 is 0 Å². The van der Waals surface area contributed by atoms with E-state index in [1.54, 1.807) is 0 Å². The fourth-order valence-corrected chi connectivity index (χ4v) is 4.15. The number of amides is 2. The number of piperidine rings is 1. The Morgan fingerprint density at radius 1 is 1.36 bits per heavy atom. The molecule has 0 spiro atoms. The molecule has 0 aromatic heterocycles. The zero-order valence-corrected chi connectivity index (χ0v) is 16.4. The average Bonchev–Trinajstić information content (AvgIpc) is 3.42. The first kappa shape index (κ1) is 18.4. The van der Waals surface area contributed by atoms with Gasteiger partial charge >= 0.3 is 0 Å². The van der Waals surface area contributed by atoms with Crippen molar-refractivity contribution in [3.63, 3.8) is 0 Å². The summed E-state index contributed by atoms with van der Waals surface area (Å²) in [7, 11) is 0. The Bertz CT molecular complexity index is 634. The quantitative estimate of drug-likeness (QED) is 0.731. The Labute approximate surface area is 158 Å². The van der Waals surface area contributed by atoms with Crippen molar-refractivity contribution < 1.29 is 9.59 Å². The van der Waals surface area contributed by atoms with Gasteiger partial charge in [0.2, 0.25) is 11.8 Å². The molecule has 1 heterocycles. The third kappa shape index (κ3) is 4.63. The number of hydrogen-bond acceptors (Lipinski definition) is 2. The smallest absolute Gasteiger partial charge is 0.226 e. The second kappa shape index (κ2) is 8.35. The van der Waals surface area contributed by atoms with Crippen LogP contribution in [0.15, 0.2) is 28.7 Å². The standard InChI is InChI=1S/C20H27BrN2O2/c1-2-3-9-22-19(24)15-7-5-10-23(13-15)20(25)18-12-17(18)14-6-4-8-16(21)11-14/h4,6,8,11,15,17-18H,2-3,5,7,9-10,12-13H2,1H3,(H,22,24). The molecule has 25 heavy (non-hydrogen) atoms. The van der Waals surface area contributed by atoms with Crippen molar-refractivity contribution in [2.75, 3.05) is 19.6 Å². The summed E-state index contributed by atoms with van der Waals surface area (Å²) in [6, 6.07) is 8.24. The normalized spacial score (nSPS) is 25.5. The minimum atomic E-state index is -0.0439. The molecule has 2 amide bonds. The van der Waals surface area contributed by atoms with E-state index in [1.165, 1.54) is 5.56 Å². The largest absolute Gasteiger partial charge is 0.356 e. The predicted octanol–water partition coefficient (Wildman–Crippen LogP) is 3.71.